The van der Waals surface area contributed by atoms with E-state index >= 15 is 0 Å². The first-order valence-corrected chi connectivity index (χ1v) is 25.4. The molecular formula is C63H58BN2S. The second-order valence-corrected chi connectivity index (χ2v) is 24.0. The zero-order chi connectivity index (χ0) is 45.9. The van der Waals surface area contributed by atoms with Crippen LogP contribution in [0.4, 0.5) is 11.4 Å². The number of hydrogen-bond donors (Lipinski definition) is 1. The normalized spacial score (nSPS) is 17.4. The van der Waals surface area contributed by atoms with Crippen molar-refractivity contribution in [1.29, 1.82) is 0 Å². The number of nitrogens with one attached hydrogen (secondary N) is 1. The van der Waals surface area contributed by atoms with Crippen LogP contribution in [0.1, 0.15) is 109 Å². The fraction of sp³-hybridized carbons (Fsp3) is 0.270. The highest BCUT2D eigenvalue weighted by Crippen LogP contribution is 2.53. The molecule has 0 bridgehead atoms. The number of nitrogens with zero attached hydrogens (tertiary/aromatic N) is 1. The number of aromatic nitrogens is 1. The van der Waals surface area contributed by atoms with Crippen LogP contribution in [0.2, 0.25) is 0 Å². The SMILES string of the molecule is Cc1cc2c(cc1Nc1ccc3sc4cc5c(cc4c3c1-c1cc(-c3ccccc3)cc3c1[B]c1cccc4c6c7ccccc7ccc6n-3c14)C(C)(C)CCC5(C)C)C(C)(C)CCC2(C)C. The van der Waals surface area contributed by atoms with Crippen molar-refractivity contribution in [2.75, 3.05) is 5.32 Å². The summed E-state index contributed by atoms with van der Waals surface area (Å²) in [5.41, 5.74) is 21.3. The van der Waals surface area contributed by atoms with Crippen molar-refractivity contribution in [2.24, 2.45) is 0 Å². The average Bonchev–Trinajstić information content (AvgIpc) is 3.86. The molecule has 0 unspecified atom stereocenters. The van der Waals surface area contributed by atoms with Gasteiger partial charge >= 0.3 is 0 Å². The zero-order valence-electron chi connectivity index (χ0n) is 40.5. The van der Waals surface area contributed by atoms with Crippen LogP contribution < -0.4 is 16.2 Å². The quantitative estimate of drug-likeness (QED) is 0.174. The molecule has 2 aliphatic carbocycles. The van der Waals surface area contributed by atoms with Gasteiger partial charge in [0, 0.05) is 59.1 Å². The van der Waals surface area contributed by atoms with Gasteiger partial charge in [0.1, 0.15) is 0 Å². The van der Waals surface area contributed by atoms with Gasteiger partial charge in [0.05, 0.1) is 5.52 Å². The Balaban J connectivity index is 1.16. The molecule has 0 fully saturated rings. The third kappa shape index (κ3) is 6.00. The van der Waals surface area contributed by atoms with Crippen LogP contribution in [-0.2, 0) is 21.7 Å². The van der Waals surface area contributed by atoms with Crippen LogP contribution in [-0.4, -0.2) is 11.8 Å². The van der Waals surface area contributed by atoms with Crippen molar-refractivity contribution < 1.29 is 0 Å². The highest BCUT2D eigenvalue weighted by molar-refractivity contribution is 7.26. The molecule has 0 saturated heterocycles. The van der Waals surface area contributed by atoms with E-state index in [-0.39, 0.29) is 21.7 Å². The van der Waals surface area contributed by atoms with Crippen LogP contribution in [0.5, 0.6) is 0 Å². The number of benzene rings is 8. The van der Waals surface area contributed by atoms with E-state index in [0.29, 0.717) is 0 Å². The molecule has 2 nitrogen and oxygen atoms in total. The van der Waals surface area contributed by atoms with Gasteiger partial charge in [-0.15, -0.1) is 11.3 Å². The van der Waals surface area contributed by atoms with E-state index in [2.05, 4.69) is 213 Å². The molecule has 13 rings (SSSR count). The van der Waals surface area contributed by atoms with E-state index in [1.165, 1.54) is 151 Å². The molecule has 0 atom stereocenters. The molecule has 2 aromatic heterocycles. The van der Waals surface area contributed by atoms with Crippen molar-refractivity contribution in [3.05, 3.63) is 161 Å². The van der Waals surface area contributed by atoms with E-state index in [1.54, 1.807) is 0 Å². The number of hydrogen-bond acceptors (Lipinski definition) is 2. The van der Waals surface area contributed by atoms with Crippen LogP contribution in [0, 0.1) is 6.92 Å². The lowest BCUT2D eigenvalue weighted by atomic mass is 9.58. The summed E-state index contributed by atoms with van der Waals surface area (Å²) in [6, 6.07) is 51.5. The lowest BCUT2D eigenvalue weighted by molar-refractivity contribution is 0.332. The summed E-state index contributed by atoms with van der Waals surface area (Å²) < 4.78 is 5.29. The maximum absolute atomic E-state index is 4.23. The Morgan fingerprint density at radius 3 is 1.93 bits per heavy atom. The zero-order valence-corrected chi connectivity index (χ0v) is 41.3. The lowest BCUT2D eigenvalue weighted by Crippen LogP contribution is -2.37. The molecule has 3 heterocycles. The third-order valence-corrected chi connectivity index (χ3v) is 18.0. The van der Waals surface area contributed by atoms with E-state index in [9.17, 15) is 0 Å². The molecular weight excluding hydrogens is 828 g/mol. The minimum atomic E-state index is 0.0824. The average molecular weight is 886 g/mol. The van der Waals surface area contributed by atoms with Gasteiger partial charge in [-0.3, -0.25) is 0 Å². The molecule has 8 aromatic carbocycles. The summed E-state index contributed by atoms with van der Waals surface area (Å²) in [4.78, 5) is 0. The van der Waals surface area contributed by atoms with Crippen molar-refractivity contribution in [3.63, 3.8) is 0 Å². The van der Waals surface area contributed by atoms with E-state index in [0.717, 1.165) is 5.69 Å². The number of para-hydroxylation sites is 1. The first kappa shape index (κ1) is 41.1. The first-order valence-electron chi connectivity index (χ1n) is 24.6. The molecule has 4 heteroatoms. The van der Waals surface area contributed by atoms with Gasteiger partial charge in [0.15, 0.2) is 7.28 Å². The summed E-state index contributed by atoms with van der Waals surface area (Å²) in [6.07, 6.45) is 4.76. The van der Waals surface area contributed by atoms with Crippen molar-refractivity contribution in [3.8, 4) is 27.9 Å². The lowest BCUT2D eigenvalue weighted by Gasteiger charge is -2.42. The largest absolute Gasteiger partial charge is 0.355 e. The van der Waals surface area contributed by atoms with Gasteiger partial charge in [-0.1, -0.05) is 146 Å². The van der Waals surface area contributed by atoms with Gasteiger partial charge < -0.3 is 9.88 Å². The summed E-state index contributed by atoms with van der Waals surface area (Å²) in [5.74, 6) is 0. The van der Waals surface area contributed by atoms with E-state index < -0.39 is 0 Å². The Morgan fingerprint density at radius 2 is 1.18 bits per heavy atom. The standard InChI is InChI=1S/C63H58BN2S/c1-36-30-44-46(62(6,7)28-26-60(44,2)3)34-50(36)65-49-23-25-53-57(42-33-45-47(35-54(42)67-53)63(8,9)29-27-61(45,4)5)56(49)43-31-39(37-16-11-10-12-17-37)32-52-58(43)64-48-21-15-20-41-55-40-19-14-13-18-38(40)22-24-51(55)66(52)59(41)48/h10-25,30-35,65H,26-29H2,1-9H3. The highest BCUT2D eigenvalue weighted by atomic mass is 32.1. The van der Waals surface area contributed by atoms with E-state index in [4.69, 9.17) is 0 Å². The second kappa shape index (κ2) is 14.0. The fourth-order valence-electron chi connectivity index (χ4n) is 12.7. The summed E-state index contributed by atoms with van der Waals surface area (Å²) in [5, 5.41) is 12.1. The fourth-order valence-corrected chi connectivity index (χ4v) is 13.8. The third-order valence-electron chi connectivity index (χ3n) is 16.9. The van der Waals surface area contributed by atoms with Crippen LogP contribution >= 0.6 is 11.3 Å². The first-order chi connectivity index (χ1) is 32.1. The predicted octanol–water partition coefficient (Wildman–Crippen LogP) is 16.4. The topological polar surface area (TPSA) is 17.0 Å². The molecule has 10 aromatic rings. The van der Waals surface area contributed by atoms with Crippen molar-refractivity contribution in [2.45, 2.75) is 110 Å². The maximum atomic E-state index is 4.23. The maximum Gasteiger partial charge on any atom is 0.197 e. The van der Waals surface area contributed by atoms with Gasteiger partial charge in [0.2, 0.25) is 0 Å². The molecule has 1 radical (unpaired) electrons. The highest BCUT2D eigenvalue weighted by Gasteiger charge is 2.40. The molecule has 0 spiro atoms. The number of anilines is 2. The van der Waals surface area contributed by atoms with Gasteiger partial charge in [-0.2, -0.15) is 0 Å². The molecule has 329 valence electrons. The Morgan fingerprint density at radius 1 is 0.522 bits per heavy atom. The summed E-state index contributed by atoms with van der Waals surface area (Å²) in [6.45, 7) is 21.9. The predicted molar refractivity (Wildman–Crippen MR) is 292 cm³/mol. The molecule has 0 amide bonds. The Labute approximate surface area is 400 Å². The van der Waals surface area contributed by atoms with Crippen LogP contribution in [0.3, 0.4) is 0 Å². The second-order valence-electron chi connectivity index (χ2n) is 23.0. The van der Waals surface area contributed by atoms with Crippen molar-refractivity contribution >= 4 is 93.7 Å². The van der Waals surface area contributed by atoms with Crippen LogP contribution in [0.15, 0.2) is 133 Å². The molecule has 3 aliphatic rings. The monoisotopic (exact) mass is 885 g/mol. The smallest absolute Gasteiger partial charge is 0.197 e. The minimum absolute atomic E-state index is 0.0824. The Bertz CT molecular complexity index is 3760. The number of rotatable bonds is 4. The van der Waals surface area contributed by atoms with E-state index in [1.807, 2.05) is 11.3 Å². The van der Waals surface area contributed by atoms with Crippen LogP contribution in [0.25, 0.3) is 80.7 Å². The summed E-state index contributed by atoms with van der Waals surface area (Å²) >= 11 is 1.96. The summed E-state index contributed by atoms with van der Waals surface area (Å²) in [7, 11) is 2.50. The van der Waals surface area contributed by atoms with Crippen molar-refractivity contribution in [1.82, 2.24) is 4.57 Å². The number of thiophene rings is 1. The molecule has 1 aliphatic heterocycles. The molecule has 1 N–H and O–H groups in total. The van der Waals surface area contributed by atoms with Gasteiger partial charge in [0.25, 0.3) is 0 Å². The Hall–Kier alpha value is -6.10. The van der Waals surface area contributed by atoms with Gasteiger partial charge in [-0.05, 0) is 164 Å². The van der Waals surface area contributed by atoms with Gasteiger partial charge in [-0.25, -0.2) is 0 Å². The molecule has 0 saturated carbocycles. The minimum Gasteiger partial charge on any atom is -0.355 e. The number of fused-ring (bicyclic) bond motifs is 12. The molecule has 67 heavy (non-hydrogen) atoms. The number of aryl methyl sites for hydroxylation is 1. The Kier molecular flexibility index (Phi) is 8.58.